The summed E-state index contributed by atoms with van der Waals surface area (Å²) in [6.45, 7) is 2.12. The molecule has 0 aliphatic heterocycles. The van der Waals surface area contributed by atoms with Gasteiger partial charge in [0.25, 0.3) is 0 Å². The first kappa shape index (κ1) is 8.68. The van der Waals surface area contributed by atoms with Crippen molar-refractivity contribution in [2.45, 2.75) is 6.92 Å². The molecular weight excluding hydrogens is 182 g/mol. The van der Waals surface area contributed by atoms with Crippen molar-refractivity contribution in [3.05, 3.63) is 24.3 Å². The van der Waals surface area contributed by atoms with Gasteiger partial charge in [-0.1, -0.05) is 0 Å². The van der Waals surface area contributed by atoms with Crippen LogP contribution in [0.1, 0.15) is 17.4 Å². The van der Waals surface area contributed by atoms with Crippen LogP contribution in [0.25, 0.3) is 11.0 Å². The number of nitrogens with one attached hydrogen (secondary N) is 2. The van der Waals surface area contributed by atoms with Crippen molar-refractivity contribution in [1.29, 1.82) is 0 Å². The number of fused-ring (bicyclic) bond motifs is 1. The second-order valence-electron chi connectivity index (χ2n) is 2.77. The molecule has 0 atom stereocenters. The molecule has 0 aliphatic carbocycles. The van der Waals surface area contributed by atoms with Gasteiger partial charge in [0.1, 0.15) is 0 Å². The zero-order chi connectivity index (χ0) is 9.97. The first-order chi connectivity index (χ1) is 6.81. The first-order valence-corrected chi connectivity index (χ1v) is 4.33. The van der Waals surface area contributed by atoms with Crippen molar-refractivity contribution in [3.63, 3.8) is 0 Å². The molecule has 5 heteroatoms. The first-order valence-electron chi connectivity index (χ1n) is 4.33. The minimum atomic E-state index is -0.399. The van der Waals surface area contributed by atoms with Crippen LogP contribution in [-0.2, 0) is 4.74 Å². The van der Waals surface area contributed by atoms with Gasteiger partial charge in [0.15, 0.2) is 16.7 Å². The molecule has 2 aromatic rings. The number of rotatable bonds is 2. The number of nitrogens with zero attached hydrogens (tertiary/aromatic N) is 1. The Bertz CT molecular complexity index is 464. The van der Waals surface area contributed by atoms with Gasteiger partial charge in [-0.25, -0.2) is 19.7 Å². The van der Waals surface area contributed by atoms with Gasteiger partial charge in [-0.15, -0.1) is 0 Å². The molecule has 2 N–H and O–H groups in total. The van der Waals surface area contributed by atoms with Crippen molar-refractivity contribution in [2.24, 2.45) is 0 Å². The standard InChI is InChI=1S/C9H9N3O2/c1-2-14-9(13)7-3-6-8(4-10-7)12-5-11-6/h3-5H,2H2,1H3,(H,11,12)/p+1. The summed E-state index contributed by atoms with van der Waals surface area (Å²) < 4.78 is 4.83. The number of hydrogen-bond donors (Lipinski definition) is 1. The monoisotopic (exact) mass is 192 g/mol. The van der Waals surface area contributed by atoms with Gasteiger partial charge >= 0.3 is 5.97 Å². The van der Waals surface area contributed by atoms with Crippen molar-refractivity contribution in [2.75, 3.05) is 6.61 Å². The highest BCUT2D eigenvalue weighted by Gasteiger charge is 2.11. The van der Waals surface area contributed by atoms with E-state index >= 15 is 0 Å². The highest BCUT2D eigenvalue weighted by atomic mass is 16.5. The molecule has 0 aromatic carbocycles. The van der Waals surface area contributed by atoms with Crippen molar-refractivity contribution < 1.29 is 14.5 Å². The Morgan fingerprint density at radius 3 is 3.36 bits per heavy atom. The minimum absolute atomic E-state index is 0.315. The predicted octanol–water partition coefficient (Wildman–Crippen LogP) is 0.554. The summed E-state index contributed by atoms with van der Waals surface area (Å²) >= 11 is 0. The van der Waals surface area contributed by atoms with Crippen LogP contribution in [0.15, 0.2) is 18.6 Å². The number of pyridine rings is 1. The average molecular weight is 192 g/mol. The van der Waals surface area contributed by atoms with E-state index in [1.807, 2.05) is 0 Å². The molecule has 2 aromatic heterocycles. The Morgan fingerprint density at radius 1 is 1.71 bits per heavy atom. The maximum Gasteiger partial charge on any atom is 0.357 e. The largest absolute Gasteiger partial charge is 0.461 e. The van der Waals surface area contributed by atoms with Crippen LogP contribution in [-0.4, -0.2) is 22.5 Å². The smallest absolute Gasteiger partial charge is 0.357 e. The third kappa shape index (κ3) is 1.44. The van der Waals surface area contributed by atoms with E-state index in [1.54, 1.807) is 25.5 Å². The van der Waals surface area contributed by atoms with Crippen LogP contribution in [0, 0.1) is 0 Å². The lowest BCUT2D eigenvalue weighted by atomic mass is 10.3. The van der Waals surface area contributed by atoms with Gasteiger partial charge in [-0.05, 0) is 6.92 Å². The summed E-state index contributed by atoms with van der Waals surface area (Å²) in [4.78, 5) is 21.2. The van der Waals surface area contributed by atoms with Crippen LogP contribution in [0.4, 0.5) is 0 Å². The number of ether oxygens (including phenoxy) is 1. The van der Waals surface area contributed by atoms with E-state index in [-0.39, 0.29) is 0 Å². The predicted molar refractivity (Wildman–Crippen MR) is 48.6 cm³/mol. The zero-order valence-electron chi connectivity index (χ0n) is 7.70. The Kier molecular flexibility index (Phi) is 2.14. The van der Waals surface area contributed by atoms with Gasteiger partial charge in [-0.2, -0.15) is 0 Å². The fourth-order valence-corrected chi connectivity index (χ4v) is 1.20. The third-order valence-electron chi connectivity index (χ3n) is 1.84. The summed E-state index contributed by atoms with van der Waals surface area (Å²) in [5.41, 5.74) is 2.01. The fourth-order valence-electron chi connectivity index (χ4n) is 1.20. The Balaban J connectivity index is 2.38. The van der Waals surface area contributed by atoms with Crippen LogP contribution < -0.4 is 4.98 Å². The van der Waals surface area contributed by atoms with E-state index in [2.05, 4.69) is 15.0 Å². The van der Waals surface area contributed by atoms with Gasteiger partial charge in [0, 0.05) is 6.07 Å². The molecule has 0 aliphatic rings. The summed E-state index contributed by atoms with van der Waals surface area (Å²) in [7, 11) is 0. The molecule has 0 saturated heterocycles. The summed E-state index contributed by atoms with van der Waals surface area (Å²) in [6.07, 6.45) is 3.28. The molecule has 0 saturated carbocycles. The molecule has 0 amide bonds. The van der Waals surface area contributed by atoms with E-state index < -0.39 is 5.97 Å². The lowest BCUT2D eigenvalue weighted by molar-refractivity contribution is -0.344. The highest BCUT2D eigenvalue weighted by molar-refractivity contribution is 5.90. The van der Waals surface area contributed by atoms with Crippen LogP contribution >= 0.6 is 0 Å². The van der Waals surface area contributed by atoms with Crippen LogP contribution in [0.5, 0.6) is 0 Å². The minimum Gasteiger partial charge on any atom is -0.461 e. The molecule has 2 rings (SSSR count). The van der Waals surface area contributed by atoms with Crippen molar-refractivity contribution in [1.82, 2.24) is 9.97 Å². The molecule has 0 fully saturated rings. The molecule has 0 radical (unpaired) electrons. The summed E-state index contributed by atoms with van der Waals surface area (Å²) in [5, 5.41) is 0. The van der Waals surface area contributed by atoms with Gasteiger partial charge in [0.05, 0.1) is 12.8 Å². The SMILES string of the molecule is CCOC(=O)c1cc2[nH+]c[nH]c2cn1. The van der Waals surface area contributed by atoms with Gasteiger partial charge < -0.3 is 4.74 Å². The lowest BCUT2D eigenvalue weighted by Crippen LogP contribution is -2.07. The number of H-pyrrole nitrogens is 2. The topological polar surface area (TPSA) is 69.1 Å². The maximum atomic E-state index is 11.3. The lowest BCUT2D eigenvalue weighted by Gasteiger charge is -1.98. The maximum absolute atomic E-state index is 11.3. The molecule has 72 valence electrons. The number of carbonyl (C=O) groups is 1. The fraction of sp³-hybridized carbons (Fsp3) is 0.222. The number of carbonyl (C=O) groups excluding carboxylic acids is 1. The highest BCUT2D eigenvalue weighted by Crippen LogP contribution is 2.06. The number of aromatic nitrogens is 3. The number of esters is 1. The molecular formula is C9H10N3O2+. The second kappa shape index (κ2) is 3.45. The molecule has 5 nitrogen and oxygen atoms in total. The molecule has 0 bridgehead atoms. The number of aromatic amines is 2. The van der Waals surface area contributed by atoms with Crippen LogP contribution in [0.3, 0.4) is 0 Å². The normalized spacial score (nSPS) is 10.4. The van der Waals surface area contributed by atoms with Gasteiger partial charge in [0.2, 0.25) is 6.33 Å². The summed E-state index contributed by atoms with van der Waals surface area (Å²) in [6, 6.07) is 1.66. The number of hydrogen-bond acceptors (Lipinski definition) is 3. The Morgan fingerprint density at radius 2 is 2.57 bits per heavy atom. The molecule has 0 unspecified atom stereocenters. The van der Waals surface area contributed by atoms with Crippen molar-refractivity contribution >= 4 is 17.0 Å². The zero-order valence-corrected chi connectivity index (χ0v) is 7.70. The van der Waals surface area contributed by atoms with E-state index in [9.17, 15) is 4.79 Å². The molecule has 2 heterocycles. The van der Waals surface area contributed by atoms with E-state index in [4.69, 9.17) is 4.74 Å². The molecule has 0 spiro atoms. The summed E-state index contributed by atoms with van der Waals surface area (Å²) in [5.74, 6) is -0.399. The Labute approximate surface area is 80.1 Å². The van der Waals surface area contributed by atoms with Gasteiger partial charge in [-0.3, -0.25) is 0 Å². The quantitative estimate of drug-likeness (QED) is 0.706. The van der Waals surface area contributed by atoms with E-state index in [1.165, 1.54) is 0 Å². The van der Waals surface area contributed by atoms with E-state index in [0.29, 0.717) is 12.3 Å². The third-order valence-corrected chi connectivity index (χ3v) is 1.84. The van der Waals surface area contributed by atoms with E-state index in [0.717, 1.165) is 11.0 Å². The van der Waals surface area contributed by atoms with Crippen LogP contribution in [0.2, 0.25) is 0 Å². The number of imidazole rings is 1. The second-order valence-corrected chi connectivity index (χ2v) is 2.77. The average Bonchev–Trinajstić information content (AvgIpc) is 2.64. The van der Waals surface area contributed by atoms with Crippen molar-refractivity contribution in [3.8, 4) is 0 Å². The Hall–Kier alpha value is -1.91. The molecule has 14 heavy (non-hydrogen) atoms.